The molecule has 0 aliphatic carbocycles. The summed E-state index contributed by atoms with van der Waals surface area (Å²) >= 11 is 0. The Balaban J connectivity index is 1.04. The van der Waals surface area contributed by atoms with Gasteiger partial charge in [-0.3, -0.25) is 0 Å². The van der Waals surface area contributed by atoms with E-state index in [1.165, 1.54) is 20.7 Å². The average molecular weight is 1270 g/mol. The molecule has 0 heterocycles. The molecule has 0 bridgehead atoms. The van der Waals surface area contributed by atoms with Crippen LogP contribution in [0.4, 0.5) is 42.9 Å². The molecule has 0 aliphatic heterocycles. The fourth-order valence-electron chi connectivity index (χ4n) is 13.8. The summed E-state index contributed by atoms with van der Waals surface area (Å²) in [7, 11) is -6.62. The SMILES string of the molecule is C[Si](C)(C)c1ccc(-c2cc(F)c(N(c3cccc4ccccc34)c3ccc4ccc5c(N(c6c(F)cc(-c7ccc([Si](C)(C)C)cc7)cc6-c6ccc([Si](C)(C)C)cc6)c6cccc7ccccc67)ccc6ccc3c4c65)c(-c3ccc([Si](C)(C)C)cc3)c2)cc1. The highest BCUT2D eigenvalue weighted by atomic mass is 28.3. The van der Waals surface area contributed by atoms with Crippen LogP contribution in [0.2, 0.25) is 78.6 Å². The molecule has 0 spiro atoms. The molecule has 8 heteroatoms. The van der Waals surface area contributed by atoms with E-state index < -0.39 is 32.3 Å². The summed E-state index contributed by atoms with van der Waals surface area (Å²) in [6.45, 7) is 28.4. The maximum atomic E-state index is 18.8. The Kier molecular flexibility index (Phi) is 15.1. The summed E-state index contributed by atoms with van der Waals surface area (Å²) in [5, 5.41) is 15.6. The first-order valence-electron chi connectivity index (χ1n) is 32.3. The van der Waals surface area contributed by atoms with Crippen LogP contribution < -0.4 is 30.5 Å². The molecule has 0 saturated heterocycles. The Morgan fingerprint density at radius 2 is 0.533 bits per heavy atom. The number of rotatable bonds is 14. The molecule has 14 rings (SSSR count). The van der Waals surface area contributed by atoms with Gasteiger partial charge in [-0.05, 0) is 114 Å². The van der Waals surface area contributed by atoms with Crippen LogP contribution in [0.15, 0.2) is 255 Å². The summed E-state index contributed by atoms with van der Waals surface area (Å²) in [6.07, 6.45) is 0. The predicted molar refractivity (Wildman–Crippen MR) is 408 cm³/mol. The van der Waals surface area contributed by atoms with Gasteiger partial charge in [-0.15, -0.1) is 0 Å². The van der Waals surface area contributed by atoms with Crippen LogP contribution in [0.25, 0.3) is 98.4 Å². The first kappa shape index (κ1) is 60.5. The average Bonchev–Trinajstić information content (AvgIpc) is 0.717. The van der Waals surface area contributed by atoms with Crippen molar-refractivity contribution in [3.63, 3.8) is 0 Å². The second-order valence-electron chi connectivity index (χ2n) is 29.3. The van der Waals surface area contributed by atoms with E-state index >= 15 is 8.78 Å². The van der Waals surface area contributed by atoms with Crippen molar-refractivity contribution < 1.29 is 8.78 Å². The van der Waals surface area contributed by atoms with E-state index in [1.807, 2.05) is 0 Å². The normalized spacial score (nSPS) is 12.5. The van der Waals surface area contributed by atoms with Gasteiger partial charge in [-0.1, -0.05) is 306 Å². The molecular weight excluding hydrogens is 1190 g/mol. The lowest BCUT2D eigenvalue weighted by atomic mass is 9.90. The van der Waals surface area contributed by atoms with Gasteiger partial charge in [0.25, 0.3) is 0 Å². The summed E-state index contributed by atoms with van der Waals surface area (Å²) < 4.78 is 37.6. The lowest BCUT2D eigenvalue weighted by Crippen LogP contribution is -2.37. The van der Waals surface area contributed by atoms with Gasteiger partial charge in [-0.2, -0.15) is 0 Å². The van der Waals surface area contributed by atoms with E-state index in [9.17, 15) is 0 Å². The zero-order valence-corrected chi connectivity index (χ0v) is 58.9. The number of benzene rings is 14. The van der Waals surface area contributed by atoms with Crippen LogP contribution in [-0.2, 0) is 0 Å². The molecule has 14 aromatic rings. The molecule has 0 aromatic heterocycles. The van der Waals surface area contributed by atoms with Crippen molar-refractivity contribution in [2.75, 3.05) is 9.80 Å². The molecular formula is C84H78F2N2Si4. The van der Waals surface area contributed by atoms with Crippen LogP contribution in [0.1, 0.15) is 0 Å². The minimum Gasteiger partial charge on any atom is -0.306 e. The second kappa shape index (κ2) is 23.0. The Morgan fingerprint density at radius 1 is 0.239 bits per heavy atom. The van der Waals surface area contributed by atoms with Gasteiger partial charge in [0.05, 0.1) is 66.4 Å². The number of nitrogens with zero attached hydrogens (tertiary/aromatic N) is 2. The molecule has 0 amide bonds. The smallest absolute Gasteiger partial charge is 0.148 e. The monoisotopic (exact) mass is 1260 g/mol. The molecule has 454 valence electrons. The summed E-state index contributed by atoms with van der Waals surface area (Å²) in [5.41, 5.74) is 11.4. The van der Waals surface area contributed by atoms with Crippen molar-refractivity contribution in [3.8, 4) is 44.5 Å². The van der Waals surface area contributed by atoms with E-state index in [0.29, 0.717) is 11.4 Å². The zero-order valence-electron chi connectivity index (χ0n) is 54.9. The molecule has 0 radical (unpaired) electrons. The van der Waals surface area contributed by atoms with Crippen LogP contribution in [0, 0.1) is 11.6 Å². The maximum Gasteiger partial charge on any atom is 0.148 e. The third-order valence-corrected chi connectivity index (χ3v) is 27.2. The lowest BCUT2D eigenvalue weighted by Gasteiger charge is -2.32. The van der Waals surface area contributed by atoms with Crippen molar-refractivity contribution in [2.24, 2.45) is 0 Å². The number of anilines is 6. The molecule has 0 atom stereocenters. The summed E-state index contributed by atoms with van der Waals surface area (Å²) in [6, 6.07) is 90.7. The van der Waals surface area contributed by atoms with E-state index in [0.717, 1.165) is 121 Å². The molecule has 0 fully saturated rings. The van der Waals surface area contributed by atoms with Gasteiger partial charge in [-0.25, -0.2) is 8.78 Å². The largest absolute Gasteiger partial charge is 0.306 e. The Morgan fingerprint density at radius 3 is 0.870 bits per heavy atom. The highest BCUT2D eigenvalue weighted by Crippen LogP contribution is 2.53. The van der Waals surface area contributed by atoms with Gasteiger partial charge < -0.3 is 9.80 Å². The number of hydrogen-bond donors (Lipinski definition) is 0. The van der Waals surface area contributed by atoms with Crippen molar-refractivity contribution >= 4 is 141 Å². The van der Waals surface area contributed by atoms with E-state index in [1.54, 1.807) is 12.1 Å². The first-order chi connectivity index (χ1) is 44.0. The van der Waals surface area contributed by atoms with Crippen LogP contribution in [0.3, 0.4) is 0 Å². The number of halogens is 2. The Labute approximate surface area is 545 Å². The topological polar surface area (TPSA) is 6.48 Å². The van der Waals surface area contributed by atoms with Crippen LogP contribution >= 0.6 is 0 Å². The third kappa shape index (κ3) is 11.0. The summed E-state index contributed by atoms with van der Waals surface area (Å²) in [5.74, 6) is -0.648. The van der Waals surface area contributed by atoms with Crippen molar-refractivity contribution in [1.29, 1.82) is 0 Å². The molecule has 2 nitrogen and oxygen atoms in total. The van der Waals surface area contributed by atoms with Gasteiger partial charge in [0.15, 0.2) is 0 Å². The minimum atomic E-state index is -1.70. The molecule has 92 heavy (non-hydrogen) atoms. The standard InChI is InChI=1S/C84H78F2N2Si4/c1-89(2,3)65-39-27-55(28-40-65)63-51-73(59-31-43-67(44-32-59)91(7,8)9)83(75(85)53-63)87(77-25-17-21-57-19-13-15-23-69(57)77)79-49-37-61-36-48-72-80(50-38-62-35-47-71(79)81(61)82(62)72)88(78-26-18-22-58-20-14-16-24-70(58)78)84-74(60-33-45-68(46-34-60)92(10,11)12)52-64(54-76(84)86)56-29-41-66(42-30-56)90(4,5)6/h13-54H,1-12H3. The van der Waals surface area contributed by atoms with Crippen LogP contribution in [0.5, 0.6) is 0 Å². The highest BCUT2D eigenvalue weighted by molar-refractivity contribution is 6.90. The quantitative estimate of drug-likeness (QED) is 0.0791. The number of hydrogen-bond acceptors (Lipinski definition) is 2. The molecule has 0 unspecified atom stereocenters. The van der Waals surface area contributed by atoms with Crippen molar-refractivity contribution in [2.45, 2.75) is 78.6 Å². The van der Waals surface area contributed by atoms with E-state index in [2.05, 4.69) is 331 Å². The minimum absolute atomic E-state index is 0.324. The third-order valence-electron chi connectivity index (χ3n) is 19.0. The van der Waals surface area contributed by atoms with Gasteiger partial charge >= 0.3 is 0 Å². The lowest BCUT2D eigenvalue weighted by molar-refractivity contribution is 0.629. The molecule has 14 aromatic carbocycles. The highest BCUT2D eigenvalue weighted by Gasteiger charge is 2.31. The zero-order chi connectivity index (χ0) is 64.2. The maximum absolute atomic E-state index is 18.8. The molecule has 0 saturated carbocycles. The fourth-order valence-corrected chi connectivity index (χ4v) is 18.4. The fraction of sp³-hybridized carbons (Fsp3) is 0.143. The number of fused-ring (bicyclic) bond motifs is 2. The second-order valence-corrected chi connectivity index (χ2v) is 49.6. The van der Waals surface area contributed by atoms with Crippen LogP contribution in [-0.4, -0.2) is 32.3 Å². The van der Waals surface area contributed by atoms with E-state index in [-0.39, 0.29) is 11.6 Å². The van der Waals surface area contributed by atoms with Gasteiger partial charge in [0.2, 0.25) is 0 Å². The van der Waals surface area contributed by atoms with Crippen molar-refractivity contribution in [3.05, 3.63) is 266 Å². The van der Waals surface area contributed by atoms with Gasteiger partial charge in [0, 0.05) is 32.7 Å². The molecule has 0 N–H and O–H groups in total. The Hall–Kier alpha value is -9.03. The molecule has 0 aliphatic rings. The summed E-state index contributed by atoms with van der Waals surface area (Å²) in [4.78, 5) is 4.39. The van der Waals surface area contributed by atoms with Crippen molar-refractivity contribution in [1.82, 2.24) is 0 Å². The Bertz CT molecular complexity index is 4810. The predicted octanol–water partition coefficient (Wildman–Crippen LogP) is 23.0. The van der Waals surface area contributed by atoms with Gasteiger partial charge in [0.1, 0.15) is 11.6 Å². The first-order valence-corrected chi connectivity index (χ1v) is 46.3. The van der Waals surface area contributed by atoms with E-state index in [4.69, 9.17) is 0 Å².